The van der Waals surface area contributed by atoms with Crippen molar-refractivity contribution in [1.29, 1.82) is 0 Å². The van der Waals surface area contributed by atoms with Crippen molar-refractivity contribution >= 4 is 11.9 Å². The smallest absolute Gasteiger partial charge is 0.230 e. The Morgan fingerprint density at radius 2 is 1.89 bits per heavy atom. The van der Waals surface area contributed by atoms with Gasteiger partial charge in [0.25, 0.3) is 0 Å². The first-order valence-electron chi connectivity index (χ1n) is 11.6. The summed E-state index contributed by atoms with van der Waals surface area (Å²) in [6.07, 6.45) is 1.18. The zero-order chi connectivity index (χ0) is 25.5. The van der Waals surface area contributed by atoms with E-state index in [-0.39, 0.29) is 38.2 Å². The number of halogens is 1. The van der Waals surface area contributed by atoms with Crippen molar-refractivity contribution in [2.24, 2.45) is 5.41 Å². The lowest BCUT2D eigenvalue weighted by atomic mass is 9.91. The summed E-state index contributed by atoms with van der Waals surface area (Å²) in [5.74, 6) is 0.112. The standard InChI is InChI=1S/C24H29FN6O5/c1-24(22(34)26-8-2-11-32)13-35-21(36-14-24)20-30-18(15-3-5-16(25)6-4-15)19(31-20)17-7-9-27-23(29-17)28-10-12-33/h3-7,9,21,32-33H,2,8,10-14H2,1H3,(H,26,34)(H,30,31)(H,27,28,29). The Balaban J connectivity index is 1.59. The van der Waals surface area contributed by atoms with Gasteiger partial charge in [0.1, 0.15) is 5.82 Å². The number of hydrogen-bond donors (Lipinski definition) is 5. The van der Waals surface area contributed by atoms with E-state index in [2.05, 4.69) is 30.6 Å². The highest BCUT2D eigenvalue weighted by atomic mass is 19.1. The topological polar surface area (TPSA) is 155 Å². The van der Waals surface area contributed by atoms with Crippen LogP contribution in [0.1, 0.15) is 25.5 Å². The van der Waals surface area contributed by atoms with Crippen LogP contribution in [-0.2, 0) is 14.3 Å². The van der Waals surface area contributed by atoms with E-state index in [9.17, 15) is 9.18 Å². The van der Waals surface area contributed by atoms with E-state index in [0.29, 0.717) is 53.9 Å². The predicted octanol–water partition coefficient (Wildman–Crippen LogP) is 1.63. The Kier molecular flexibility index (Phi) is 8.21. The van der Waals surface area contributed by atoms with Crippen molar-refractivity contribution in [2.75, 3.05) is 44.8 Å². The van der Waals surface area contributed by atoms with Crippen LogP contribution in [0, 0.1) is 11.2 Å². The number of aromatic amines is 1. The third-order valence-corrected chi connectivity index (χ3v) is 5.64. The molecule has 4 rings (SSSR count). The molecule has 1 aliphatic rings. The van der Waals surface area contributed by atoms with Gasteiger partial charge in [-0.05, 0) is 43.7 Å². The molecule has 0 bridgehead atoms. The number of amides is 1. The fourth-order valence-corrected chi connectivity index (χ4v) is 3.65. The fourth-order valence-electron chi connectivity index (χ4n) is 3.65. The number of aliphatic hydroxyl groups is 2. The Labute approximate surface area is 207 Å². The van der Waals surface area contributed by atoms with Gasteiger partial charge in [-0.2, -0.15) is 0 Å². The maximum Gasteiger partial charge on any atom is 0.230 e. The van der Waals surface area contributed by atoms with Crippen LogP contribution in [0.15, 0.2) is 36.5 Å². The maximum atomic E-state index is 13.6. The average molecular weight is 501 g/mol. The molecular weight excluding hydrogens is 471 g/mol. The summed E-state index contributed by atoms with van der Waals surface area (Å²) in [4.78, 5) is 29.1. The monoisotopic (exact) mass is 500 g/mol. The molecule has 0 aliphatic carbocycles. The zero-order valence-electron chi connectivity index (χ0n) is 19.8. The molecule has 2 aromatic heterocycles. The Morgan fingerprint density at radius 1 is 1.14 bits per heavy atom. The summed E-state index contributed by atoms with van der Waals surface area (Å²) in [5, 5.41) is 23.7. The zero-order valence-corrected chi connectivity index (χ0v) is 19.8. The van der Waals surface area contributed by atoms with Gasteiger partial charge in [-0.3, -0.25) is 4.79 Å². The molecule has 1 amide bonds. The van der Waals surface area contributed by atoms with Crippen molar-refractivity contribution in [1.82, 2.24) is 25.3 Å². The minimum Gasteiger partial charge on any atom is -0.396 e. The van der Waals surface area contributed by atoms with Crippen LogP contribution in [0.3, 0.4) is 0 Å². The van der Waals surface area contributed by atoms with E-state index in [1.54, 1.807) is 31.3 Å². The van der Waals surface area contributed by atoms with Gasteiger partial charge in [-0.15, -0.1) is 0 Å². The minimum atomic E-state index is -0.888. The first-order valence-corrected chi connectivity index (χ1v) is 11.6. The summed E-state index contributed by atoms with van der Waals surface area (Å²) in [5.41, 5.74) is 1.35. The van der Waals surface area contributed by atoms with Crippen LogP contribution >= 0.6 is 0 Å². The van der Waals surface area contributed by atoms with Gasteiger partial charge in [-0.1, -0.05) is 0 Å². The van der Waals surface area contributed by atoms with Crippen molar-refractivity contribution in [3.63, 3.8) is 0 Å². The molecule has 0 radical (unpaired) electrons. The first-order chi connectivity index (χ1) is 17.4. The highest BCUT2D eigenvalue weighted by Gasteiger charge is 2.40. The SMILES string of the molecule is CC1(C(=O)NCCCO)COC(c2nc(-c3ccc(F)cc3)c(-c3ccnc(NCCO)n3)[nH]2)OC1. The molecule has 192 valence electrons. The van der Waals surface area contributed by atoms with Gasteiger partial charge >= 0.3 is 0 Å². The van der Waals surface area contributed by atoms with Crippen LogP contribution in [0.4, 0.5) is 10.3 Å². The second kappa shape index (κ2) is 11.5. The highest BCUT2D eigenvalue weighted by Crippen LogP contribution is 2.35. The summed E-state index contributed by atoms with van der Waals surface area (Å²) in [7, 11) is 0. The molecule has 0 saturated carbocycles. The number of ether oxygens (including phenoxy) is 2. The summed E-state index contributed by atoms with van der Waals surface area (Å²) in [6, 6.07) is 7.61. The molecular formula is C24H29FN6O5. The van der Waals surface area contributed by atoms with Gasteiger partial charge in [-0.25, -0.2) is 19.3 Å². The molecule has 0 spiro atoms. The highest BCUT2D eigenvalue weighted by molar-refractivity contribution is 5.82. The first kappa shape index (κ1) is 25.6. The van der Waals surface area contributed by atoms with Crippen molar-refractivity contribution in [3.8, 4) is 22.6 Å². The molecule has 0 unspecified atom stereocenters. The van der Waals surface area contributed by atoms with E-state index in [4.69, 9.17) is 19.7 Å². The lowest BCUT2D eigenvalue weighted by molar-refractivity contribution is -0.231. The number of benzene rings is 1. The van der Waals surface area contributed by atoms with Gasteiger partial charge in [0.15, 0.2) is 5.82 Å². The van der Waals surface area contributed by atoms with Crippen molar-refractivity contribution in [2.45, 2.75) is 19.6 Å². The van der Waals surface area contributed by atoms with Crippen LogP contribution in [0.5, 0.6) is 0 Å². The van der Waals surface area contributed by atoms with Crippen LogP contribution < -0.4 is 10.6 Å². The molecule has 3 aromatic rings. The van der Waals surface area contributed by atoms with Crippen molar-refractivity contribution < 1.29 is 28.9 Å². The average Bonchev–Trinajstić information content (AvgIpc) is 3.34. The molecule has 1 aromatic carbocycles. The van der Waals surface area contributed by atoms with Crippen LogP contribution in [-0.4, -0.2) is 75.6 Å². The molecule has 1 fully saturated rings. The molecule has 0 atom stereocenters. The van der Waals surface area contributed by atoms with E-state index >= 15 is 0 Å². The largest absolute Gasteiger partial charge is 0.396 e. The van der Waals surface area contributed by atoms with Crippen LogP contribution in [0.25, 0.3) is 22.6 Å². The number of carbonyl (C=O) groups is 1. The third kappa shape index (κ3) is 5.85. The number of nitrogens with one attached hydrogen (secondary N) is 3. The minimum absolute atomic E-state index is 0.00535. The van der Waals surface area contributed by atoms with E-state index in [1.165, 1.54) is 12.1 Å². The Bertz CT molecular complexity index is 1160. The quantitative estimate of drug-likeness (QED) is 0.261. The molecule has 3 heterocycles. The fraction of sp³-hybridized carbons (Fsp3) is 0.417. The number of aliphatic hydroxyl groups excluding tert-OH is 2. The molecule has 5 N–H and O–H groups in total. The molecule has 1 saturated heterocycles. The second-order valence-corrected chi connectivity index (χ2v) is 8.62. The number of hydrogen-bond acceptors (Lipinski definition) is 9. The maximum absolute atomic E-state index is 13.6. The van der Waals surface area contributed by atoms with Crippen molar-refractivity contribution in [3.05, 3.63) is 48.2 Å². The lowest BCUT2D eigenvalue weighted by Crippen LogP contribution is -2.48. The molecule has 12 heteroatoms. The number of H-pyrrole nitrogens is 1. The van der Waals surface area contributed by atoms with E-state index in [0.717, 1.165) is 0 Å². The normalized spacial score (nSPS) is 19.7. The van der Waals surface area contributed by atoms with Gasteiger partial charge in [0, 0.05) is 31.5 Å². The Hall–Kier alpha value is -3.45. The molecule has 36 heavy (non-hydrogen) atoms. The number of aromatic nitrogens is 4. The summed E-state index contributed by atoms with van der Waals surface area (Å²) in [6.45, 7) is 2.53. The summed E-state index contributed by atoms with van der Waals surface area (Å²) < 4.78 is 25.3. The molecule has 11 nitrogen and oxygen atoms in total. The predicted molar refractivity (Wildman–Crippen MR) is 128 cm³/mol. The number of anilines is 1. The van der Waals surface area contributed by atoms with Gasteiger partial charge < -0.3 is 35.3 Å². The van der Waals surface area contributed by atoms with Gasteiger partial charge in [0.05, 0.1) is 42.3 Å². The number of imidazole rings is 1. The number of nitrogens with zero attached hydrogens (tertiary/aromatic N) is 3. The lowest BCUT2D eigenvalue weighted by Gasteiger charge is -2.35. The van der Waals surface area contributed by atoms with Gasteiger partial charge in [0.2, 0.25) is 18.1 Å². The third-order valence-electron chi connectivity index (χ3n) is 5.64. The van der Waals surface area contributed by atoms with E-state index in [1.807, 2.05) is 0 Å². The number of carbonyl (C=O) groups excluding carboxylic acids is 1. The summed E-state index contributed by atoms with van der Waals surface area (Å²) >= 11 is 0. The molecule has 1 aliphatic heterocycles. The van der Waals surface area contributed by atoms with E-state index < -0.39 is 11.7 Å². The second-order valence-electron chi connectivity index (χ2n) is 8.62. The number of rotatable bonds is 10. The Morgan fingerprint density at radius 3 is 2.58 bits per heavy atom. The van der Waals surface area contributed by atoms with Crippen LogP contribution in [0.2, 0.25) is 0 Å².